The van der Waals surface area contributed by atoms with Crippen LogP contribution in [0.5, 0.6) is 0 Å². The first-order chi connectivity index (χ1) is 14.0. The number of esters is 1. The van der Waals surface area contributed by atoms with E-state index in [-0.39, 0.29) is 42.7 Å². The molecule has 30 heavy (non-hydrogen) atoms. The lowest BCUT2D eigenvalue weighted by molar-refractivity contribution is -0.307. The molecule has 9 heteroatoms. The van der Waals surface area contributed by atoms with Crippen molar-refractivity contribution < 1.29 is 44.2 Å². The van der Waals surface area contributed by atoms with Crippen molar-refractivity contribution in [3.05, 3.63) is 11.6 Å². The predicted octanol–water partition coefficient (Wildman–Crippen LogP) is -0.704. The van der Waals surface area contributed by atoms with E-state index in [4.69, 9.17) is 14.2 Å². The van der Waals surface area contributed by atoms with Crippen LogP contribution in [0.15, 0.2) is 11.6 Å². The van der Waals surface area contributed by atoms with Crippen molar-refractivity contribution in [1.82, 2.24) is 0 Å². The highest BCUT2D eigenvalue weighted by atomic mass is 16.7. The highest BCUT2D eigenvalue weighted by molar-refractivity contribution is 5.98. The summed E-state index contributed by atoms with van der Waals surface area (Å²) in [7, 11) is 0. The minimum atomic E-state index is -1.53. The molecule has 1 saturated carbocycles. The minimum Gasteiger partial charge on any atom is -0.462 e. The van der Waals surface area contributed by atoms with Gasteiger partial charge in [0.1, 0.15) is 30.5 Å². The number of fused-ring (bicyclic) bond motifs is 1. The van der Waals surface area contributed by atoms with E-state index in [1.807, 2.05) is 20.8 Å². The van der Waals surface area contributed by atoms with E-state index in [9.17, 15) is 30.0 Å². The van der Waals surface area contributed by atoms with Crippen LogP contribution in [0.2, 0.25) is 0 Å². The zero-order chi connectivity index (χ0) is 22.0. The molecule has 0 aromatic rings. The quantitative estimate of drug-likeness (QED) is 0.429. The van der Waals surface area contributed by atoms with Gasteiger partial charge in [0.15, 0.2) is 12.1 Å². The highest BCUT2D eigenvalue weighted by Gasteiger charge is 2.64. The fourth-order valence-corrected chi connectivity index (χ4v) is 5.73. The number of rotatable bonds is 4. The van der Waals surface area contributed by atoms with Crippen molar-refractivity contribution in [2.45, 2.75) is 70.4 Å². The number of allylic oxidation sites excluding steroid dienone is 1. The molecule has 9 nitrogen and oxygen atoms in total. The highest BCUT2D eigenvalue weighted by Crippen LogP contribution is 2.64. The van der Waals surface area contributed by atoms with E-state index in [0.29, 0.717) is 6.42 Å². The predicted molar refractivity (Wildman–Crippen MR) is 101 cm³/mol. The van der Waals surface area contributed by atoms with Gasteiger partial charge >= 0.3 is 5.97 Å². The number of hydrogen-bond donors (Lipinski definition) is 4. The first-order valence-electron chi connectivity index (χ1n) is 10.4. The number of aliphatic hydroxyl groups excluding tert-OH is 4. The van der Waals surface area contributed by atoms with Gasteiger partial charge in [-0.1, -0.05) is 26.3 Å². The normalized spacial score (nSPS) is 50.7. The Balaban J connectivity index is 1.61. The minimum absolute atomic E-state index is 0.0217. The first-order valence-corrected chi connectivity index (χ1v) is 10.4. The van der Waals surface area contributed by atoms with Crippen LogP contribution < -0.4 is 0 Å². The van der Waals surface area contributed by atoms with Crippen molar-refractivity contribution in [1.29, 1.82) is 0 Å². The topological polar surface area (TPSA) is 143 Å². The molecule has 10 atom stereocenters. The molecule has 2 heterocycles. The average Bonchev–Trinajstić information content (AvgIpc) is 2.95. The van der Waals surface area contributed by atoms with Crippen LogP contribution >= 0.6 is 0 Å². The lowest BCUT2D eigenvalue weighted by atomic mass is 9.51. The van der Waals surface area contributed by atoms with Gasteiger partial charge in [-0.3, -0.25) is 9.59 Å². The molecule has 2 saturated heterocycles. The number of carbonyl (C=O) groups excluding carboxylic acids is 2. The first kappa shape index (κ1) is 21.9. The Kier molecular flexibility index (Phi) is 5.36. The Hall–Kier alpha value is -1.36. The second-order valence-corrected chi connectivity index (χ2v) is 9.46. The molecule has 4 aliphatic rings. The van der Waals surface area contributed by atoms with Crippen LogP contribution in [0.3, 0.4) is 0 Å². The summed E-state index contributed by atoms with van der Waals surface area (Å²) >= 11 is 0. The van der Waals surface area contributed by atoms with E-state index in [1.165, 1.54) is 0 Å². The van der Waals surface area contributed by atoms with Gasteiger partial charge in [0.2, 0.25) is 0 Å². The van der Waals surface area contributed by atoms with E-state index in [0.717, 1.165) is 5.57 Å². The van der Waals surface area contributed by atoms with Crippen LogP contribution in [-0.4, -0.2) is 82.2 Å². The van der Waals surface area contributed by atoms with E-state index in [1.54, 1.807) is 6.08 Å². The Morgan fingerprint density at radius 3 is 2.53 bits per heavy atom. The van der Waals surface area contributed by atoms with Crippen LogP contribution in [0, 0.1) is 22.7 Å². The van der Waals surface area contributed by atoms with Crippen LogP contribution in [-0.2, 0) is 23.8 Å². The molecule has 0 aromatic carbocycles. The Morgan fingerprint density at radius 1 is 1.17 bits per heavy atom. The third kappa shape index (κ3) is 2.98. The summed E-state index contributed by atoms with van der Waals surface area (Å²) in [5, 5.41) is 39.6. The molecule has 2 bridgehead atoms. The van der Waals surface area contributed by atoms with Gasteiger partial charge in [-0.25, -0.2) is 0 Å². The Morgan fingerprint density at radius 2 is 1.87 bits per heavy atom. The summed E-state index contributed by atoms with van der Waals surface area (Å²) in [6.07, 6.45) is -4.83. The van der Waals surface area contributed by atoms with E-state index < -0.39 is 48.1 Å². The second-order valence-electron chi connectivity index (χ2n) is 9.46. The van der Waals surface area contributed by atoms with Crippen molar-refractivity contribution in [2.24, 2.45) is 22.7 Å². The van der Waals surface area contributed by atoms with Crippen molar-refractivity contribution in [2.75, 3.05) is 13.2 Å². The van der Waals surface area contributed by atoms with Crippen LogP contribution in [0.25, 0.3) is 0 Å². The van der Waals surface area contributed by atoms with Gasteiger partial charge in [0.05, 0.1) is 19.6 Å². The molecule has 0 aromatic heterocycles. The monoisotopic (exact) mass is 426 g/mol. The molecule has 1 spiro atoms. The third-order valence-corrected chi connectivity index (χ3v) is 7.96. The fourth-order valence-electron chi connectivity index (χ4n) is 5.73. The van der Waals surface area contributed by atoms with Gasteiger partial charge < -0.3 is 34.6 Å². The molecule has 4 N–H and O–H groups in total. The maximum Gasteiger partial charge on any atom is 0.306 e. The molecular formula is C21H30O9. The zero-order valence-electron chi connectivity index (χ0n) is 17.4. The molecular weight excluding hydrogens is 396 g/mol. The lowest BCUT2D eigenvalue weighted by Crippen LogP contribution is -2.61. The van der Waals surface area contributed by atoms with E-state index >= 15 is 0 Å². The molecule has 168 valence electrons. The molecule has 10 unspecified atom stereocenters. The molecule has 0 radical (unpaired) electrons. The second kappa shape index (κ2) is 7.36. The maximum absolute atomic E-state index is 12.6. The molecule has 3 fully saturated rings. The van der Waals surface area contributed by atoms with Gasteiger partial charge in [0.25, 0.3) is 0 Å². The number of hydrogen-bond acceptors (Lipinski definition) is 9. The number of carbonyl (C=O) groups is 2. The van der Waals surface area contributed by atoms with Crippen LogP contribution in [0.1, 0.15) is 33.6 Å². The van der Waals surface area contributed by atoms with Gasteiger partial charge in [0, 0.05) is 22.7 Å². The summed E-state index contributed by atoms with van der Waals surface area (Å²) in [5.41, 5.74) is -0.419. The van der Waals surface area contributed by atoms with Gasteiger partial charge in [-0.15, -0.1) is 0 Å². The summed E-state index contributed by atoms with van der Waals surface area (Å²) in [6.45, 7) is 5.22. The van der Waals surface area contributed by atoms with Crippen molar-refractivity contribution in [3.63, 3.8) is 0 Å². The smallest absolute Gasteiger partial charge is 0.306 e. The Bertz CT molecular complexity index is 764. The SMILES string of the molecule is CC1C2CC3(CC(=O)O2)C(=CC(=O)C3C)C1(C)COC1OC(CO)C(O)C(O)C1O. The van der Waals surface area contributed by atoms with Crippen molar-refractivity contribution in [3.8, 4) is 0 Å². The number of ether oxygens (including phenoxy) is 3. The summed E-state index contributed by atoms with van der Waals surface area (Å²) in [4.78, 5) is 24.9. The van der Waals surface area contributed by atoms with Crippen molar-refractivity contribution >= 4 is 11.8 Å². The molecule has 2 aliphatic heterocycles. The third-order valence-electron chi connectivity index (χ3n) is 7.96. The standard InChI is InChI=1S/C21H30O9/c1-9-11(23)4-14-20(3,10(2)12-5-21(9,14)6-15(24)29-12)8-28-19-18(27)17(26)16(25)13(7-22)30-19/h4,9-10,12-13,16-19,22,25-27H,5-8H2,1-3H3. The fraction of sp³-hybridized carbons (Fsp3) is 0.810. The summed E-state index contributed by atoms with van der Waals surface area (Å²) in [5.74, 6) is -0.819. The average molecular weight is 426 g/mol. The largest absolute Gasteiger partial charge is 0.462 e. The summed E-state index contributed by atoms with van der Waals surface area (Å²) in [6, 6.07) is 0. The lowest BCUT2D eigenvalue weighted by Gasteiger charge is -2.57. The van der Waals surface area contributed by atoms with Gasteiger partial charge in [-0.05, 0) is 12.5 Å². The van der Waals surface area contributed by atoms with Gasteiger partial charge in [-0.2, -0.15) is 0 Å². The molecule has 0 amide bonds. The zero-order valence-corrected chi connectivity index (χ0v) is 17.4. The van der Waals surface area contributed by atoms with Crippen LogP contribution in [0.4, 0.5) is 0 Å². The maximum atomic E-state index is 12.6. The number of aliphatic hydroxyl groups is 4. The molecule has 4 rings (SSSR count). The Labute approximate surface area is 174 Å². The molecule has 2 aliphatic carbocycles. The number of ketones is 1. The van der Waals surface area contributed by atoms with E-state index in [2.05, 4.69) is 0 Å². The summed E-state index contributed by atoms with van der Waals surface area (Å²) < 4.78 is 17.0.